The quantitative estimate of drug-likeness (QED) is 0.535. The maximum absolute atomic E-state index is 12.7. The number of ether oxygens (including phenoxy) is 2. The zero-order chi connectivity index (χ0) is 20.5. The summed E-state index contributed by atoms with van der Waals surface area (Å²) in [5.41, 5.74) is 2.67. The molecule has 0 aliphatic carbocycles. The highest BCUT2D eigenvalue weighted by Crippen LogP contribution is 2.24. The van der Waals surface area contributed by atoms with Crippen LogP contribution in [-0.4, -0.2) is 39.9 Å². The molecule has 0 radical (unpaired) electrons. The number of aromatic nitrogens is 4. The van der Waals surface area contributed by atoms with Crippen molar-refractivity contribution in [2.24, 2.45) is 0 Å². The average Bonchev–Trinajstić information content (AvgIpc) is 3.17. The summed E-state index contributed by atoms with van der Waals surface area (Å²) in [4.78, 5) is 28.1. The third-order valence-corrected chi connectivity index (χ3v) is 4.66. The Hall–Kier alpha value is -3.88. The maximum atomic E-state index is 12.7. The number of nitrogens with one attached hydrogen (secondary N) is 2. The summed E-state index contributed by atoms with van der Waals surface area (Å²) in [6.45, 7) is 2.12. The van der Waals surface area contributed by atoms with E-state index in [9.17, 15) is 9.59 Å². The Morgan fingerprint density at radius 2 is 2.00 bits per heavy atom. The number of nitrogens with zero attached hydrogens (tertiary/aromatic N) is 3. The Balaban J connectivity index is 1.66. The molecule has 0 spiro atoms. The van der Waals surface area contributed by atoms with Crippen molar-refractivity contribution < 1.29 is 14.3 Å². The Bertz CT molecular complexity index is 1290. The van der Waals surface area contributed by atoms with Gasteiger partial charge in [0.1, 0.15) is 11.5 Å². The summed E-state index contributed by atoms with van der Waals surface area (Å²) < 4.78 is 11.9. The van der Waals surface area contributed by atoms with Crippen LogP contribution in [0.4, 0.5) is 0 Å². The zero-order valence-corrected chi connectivity index (χ0v) is 16.1. The highest BCUT2D eigenvalue weighted by molar-refractivity contribution is 5.99. The van der Waals surface area contributed by atoms with Crippen molar-refractivity contribution in [2.75, 3.05) is 14.2 Å². The molecule has 0 atom stereocenters. The van der Waals surface area contributed by atoms with Gasteiger partial charge in [-0.15, -0.1) is 5.10 Å². The molecule has 0 saturated heterocycles. The molecule has 0 bridgehead atoms. The van der Waals surface area contributed by atoms with Gasteiger partial charge < -0.3 is 19.8 Å². The lowest BCUT2D eigenvalue weighted by Gasteiger charge is -2.11. The lowest BCUT2D eigenvalue weighted by Crippen LogP contribution is -2.25. The number of amides is 1. The molecule has 2 aromatic carbocycles. The molecule has 4 rings (SSSR count). The highest BCUT2D eigenvalue weighted by Gasteiger charge is 2.20. The van der Waals surface area contributed by atoms with Gasteiger partial charge in [-0.1, -0.05) is 11.3 Å². The van der Waals surface area contributed by atoms with E-state index in [-0.39, 0.29) is 17.8 Å². The molecule has 9 nitrogen and oxygen atoms in total. The summed E-state index contributed by atoms with van der Waals surface area (Å²) in [7, 11) is 3.11. The van der Waals surface area contributed by atoms with Crippen molar-refractivity contribution in [2.45, 2.75) is 13.5 Å². The first-order valence-electron chi connectivity index (χ1n) is 8.89. The molecule has 0 aliphatic rings. The molecule has 4 aromatic rings. The van der Waals surface area contributed by atoms with Gasteiger partial charge in [0.25, 0.3) is 11.5 Å². The van der Waals surface area contributed by atoms with Crippen molar-refractivity contribution in [3.63, 3.8) is 0 Å². The van der Waals surface area contributed by atoms with Crippen molar-refractivity contribution in [3.8, 4) is 11.5 Å². The van der Waals surface area contributed by atoms with Gasteiger partial charge in [0, 0.05) is 18.2 Å². The van der Waals surface area contributed by atoms with Crippen LogP contribution in [-0.2, 0) is 6.54 Å². The highest BCUT2D eigenvalue weighted by atomic mass is 16.5. The van der Waals surface area contributed by atoms with Gasteiger partial charge in [0.2, 0.25) is 0 Å². The van der Waals surface area contributed by atoms with Crippen LogP contribution in [0.1, 0.15) is 21.6 Å². The predicted octanol–water partition coefficient (Wildman–Crippen LogP) is 1.83. The van der Waals surface area contributed by atoms with Crippen molar-refractivity contribution >= 4 is 22.5 Å². The van der Waals surface area contributed by atoms with E-state index in [1.54, 1.807) is 32.4 Å². The maximum Gasteiger partial charge on any atom is 0.277 e. The van der Waals surface area contributed by atoms with Crippen molar-refractivity contribution in [1.29, 1.82) is 0 Å². The fraction of sp³-hybridized carbons (Fsp3) is 0.200. The first kappa shape index (κ1) is 18.5. The Labute approximate surface area is 165 Å². The standard InChI is InChI=1S/C20H19N5O4/c1-11-4-7-15-14(8-11)22-20(27)18-17(23-24-25(15)18)19(26)21-10-12-5-6-13(28-2)9-16(12)29-3/h4-9H,10H2,1-3H3,(H,21,26)(H,22,27). The lowest BCUT2D eigenvalue weighted by molar-refractivity contribution is 0.0947. The number of carbonyl (C=O) groups excluding carboxylic acids is 1. The van der Waals surface area contributed by atoms with E-state index in [2.05, 4.69) is 20.6 Å². The predicted molar refractivity (Wildman–Crippen MR) is 107 cm³/mol. The Morgan fingerprint density at radius 3 is 2.76 bits per heavy atom. The first-order valence-corrected chi connectivity index (χ1v) is 8.89. The number of aromatic amines is 1. The smallest absolute Gasteiger partial charge is 0.277 e. The van der Waals surface area contributed by atoms with Crippen LogP contribution in [0.5, 0.6) is 11.5 Å². The van der Waals surface area contributed by atoms with Crippen LogP contribution < -0.4 is 20.3 Å². The SMILES string of the molecule is COc1ccc(CNC(=O)c2nnn3c2c(=O)[nH]c2cc(C)ccc23)c(OC)c1. The number of fused-ring (bicyclic) bond motifs is 3. The van der Waals surface area contributed by atoms with Crippen molar-refractivity contribution in [1.82, 2.24) is 25.1 Å². The van der Waals surface area contributed by atoms with E-state index in [0.717, 1.165) is 11.1 Å². The largest absolute Gasteiger partial charge is 0.497 e. The molecule has 0 saturated carbocycles. The number of rotatable bonds is 5. The third kappa shape index (κ3) is 3.27. The lowest BCUT2D eigenvalue weighted by atomic mass is 10.2. The van der Waals surface area contributed by atoms with Gasteiger partial charge in [-0.25, -0.2) is 4.52 Å². The Morgan fingerprint density at radius 1 is 1.17 bits per heavy atom. The molecular formula is C20H19N5O4. The molecule has 0 aliphatic heterocycles. The molecule has 2 aromatic heterocycles. The van der Waals surface area contributed by atoms with E-state index in [1.807, 2.05) is 25.1 Å². The second-order valence-electron chi connectivity index (χ2n) is 6.53. The number of benzene rings is 2. The summed E-state index contributed by atoms with van der Waals surface area (Å²) in [6.07, 6.45) is 0. The minimum Gasteiger partial charge on any atom is -0.497 e. The fourth-order valence-electron chi connectivity index (χ4n) is 3.18. The van der Waals surface area contributed by atoms with Crippen LogP contribution in [0.3, 0.4) is 0 Å². The number of aryl methyl sites for hydroxylation is 1. The molecule has 1 amide bonds. The van der Waals surface area contributed by atoms with E-state index < -0.39 is 11.5 Å². The second-order valence-corrected chi connectivity index (χ2v) is 6.53. The summed E-state index contributed by atoms with van der Waals surface area (Å²) in [5, 5.41) is 10.7. The molecule has 29 heavy (non-hydrogen) atoms. The summed E-state index contributed by atoms with van der Waals surface area (Å²) in [6, 6.07) is 10.9. The van der Waals surface area contributed by atoms with Crippen LogP contribution in [0.15, 0.2) is 41.2 Å². The van der Waals surface area contributed by atoms with Gasteiger partial charge in [0.05, 0.1) is 25.3 Å². The number of H-pyrrole nitrogens is 1. The van der Waals surface area contributed by atoms with E-state index in [0.29, 0.717) is 22.5 Å². The van der Waals surface area contributed by atoms with Crippen LogP contribution >= 0.6 is 0 Å². The molecule has 2 heterocycles. The molecule has 148 valence electrons. The molecule has 0 unspecified atom stereocenters. The minimum absolute atomic E-state index is 0.0406. The van der Waals surface area contributed by atoms with Gasteiger partial charge >= 0.3 is 0 Å². The first-order chi connectivity index (χ1) is 14.0. The van der Waals surface area contributed by atoms with E-state index >= 15 is 0 Å². The van der Waals surface area contributed by atoms with Gasteiger partial charge in [0.15, 0.2) is 11.2 Å². The van der Waals surface area contributed by atoms with Crippen LogP contribution in [0.25, 0.3) is 16.6 Å². The van der Waals surface area contributed by atoms with Crippen LogP contribution in [0.2, 0.25) is 0 Å². The monoisotopic (exact) mass is 393 g/mol. The third-order valence-electron chi connectivity index (χ3n) is 4.66. The summed E-state index contributed by atoms with van der Waals surface area (Å²) in [5.74, 6) is 0.724. The summed E-state index contributed by atoms with van der Waals surface area (Å²) >= 11 is 0. The topological polar surface area (TPSA) is 111 Å². The number of methoxy groups -OCH3 is 2. The van der Waals surface area contributed by atoms with Gasteiger partial charge in [-0.2, -0.15) is 0 Å². The number of hydrogen-bond donors (Lipinski definition) is 2. The Kier molecular flexibility index (Phi) is 4.63. The molecular weight excluding hydrogens is 374 g/mol. The second kappa shape index (κ2) is 7.27. The van der Waals surface area contributed by atoms with Crippen LogP contribution in [0, 0.1) is 6.92 Å². The minimum atomic E-state index is -0.505. The normalized spacial score (nSPS) is 11.0. The van der Waals surface area contributed by atoms with Gasteiger partial charge in [-0.05, 0) is 36.8 Å². The number of carbonyl (C=O) groups is 1. The molecule has 2 N–H and O–H groups in total. The van der Waals surface area contributed by atoms with E-state index in [4.69, 9.17) is 9.47 Å². The number of hydrogen-bond acceptors (Lipinski definition) is 6. The van der Waals surface area contributed by atoms with E-state index in [1.165, 1.54) is 4.52 Å². The zero-order valence-electron chi connectivity index (χ0n) is 16.1. The molecule has 9 heteroatoms. The van der Waals surface area contributed by atoms with Gasteiger partial charge in [-0.3, -0.25) is 9.59 Å². The molecule has 0 fully saturated rings. The fourth-order valence-corrected chi connectivity index (χ4v) is 3.18. The average molecular weight is 393 g/mol. The van der Waals surface area contributed by atoms with Crippen molar-refractivity contribution in [3.05, 3.63) is 63.6 Å².